The van der Waals surface area contributed by atoms with Gasteiger partial charge in [0.2, 0.25) is 0 Å². The van der Waals surface area contributed by atoms with E-state index in [-0.39, 0.29) is 6.61 Å². The third-order valence-corrected chi connectivity index (χ3v) is 2.77. The average Bonchev–Trinajstić information content (AvgIpc) is 2.34. The lowest BCUT2D eigenvalue weighted by Crippen LogP contribution is -2.19. The molecule has 0 amide bonds. The Balaban J connectivity index is 2.63. The average molecular weight is 298 g/mol. The predicted molar refractivity (Wildman–Crippen MR) is 72.1 cm³/mol. The van der Waals surface area contributed by atoms with Crippen molar-refractivity contribution in [1.82, 2.24) is 5.32 Å². The van der Waals surface area contributed by atoms with Crippen molar-refractivity contribution >= 4 is 15.9 Å². The van der Waals surface area contributed by atoms with Crippen LogP contribution in [0.15, 0.2) is 22.7 Å². The van der Waals surface area contributed by atoms with Crippen LogP contribution in [0.3, 0.4) is 0 Å². The van der Waals surface area contributed by atoms with Gasteiger partial charge in [0.25, 0.3) is 0 Å². The number of nitrogens with one attached hydrogen (secondary N) is 1. The molecular weight excluding hydrogens is 282 g/mol. The van der Waals surface area contributed by atoms with Crippen LogP contribution in [0.2, 0.25) is 0 Å². The van der Waals surface area contributed by atoms with Gasteiger partial charge in [0, 0.05) is 25.8 Å². The summed E-state index contributed by atoms with van der Waals surface area (Å²) in [4.78, 5) is 0. The Kier molecular flexibility index (Phi) is 6.71. The van der Waals surface area contributed by atoms with Crippen molar-refractivity contribution < 1.29 is 9.47 Å². The normalized spacial score (nSPS) is 9.94. The molecule has 0 bridgehead atoms. The van der Waals surface area contributed by atoms with E-state index >= 15 is 0 Å². The molecule has 0 aliphatic heterocycles. The van der Waals surface area contributed by atoms with Crippen LogP contribution in [0.4, 0.5) is 0 Å². The Morgan fingerprint density at radius 3 is 3.00 bits per heavy atom. The summed E-state index contributed by atoms with van der Waals surface area (Å²) in [5.74, 6) is 3.26. The predicted octanol–water partition coefficient (Wildman–Crippen LogP) is 2.20. The first-order chi connectivity index (χ1) is 8.29. The molecule has 0 atom stereocenters. The highest BCUT2D eigenvalue weighted by Gasteiger charge is 2.07. The number of terminal acetylenes is 1. The van der Waals surface area contributed by atoms with Crippen LogP contribution < -0.4 is 10.1 Å². The minimum atomic E-state index is 0.272. The number of benzene rings is 1. The Hall–Kier alpha value is -1.02. The van der Waals surface area contributed by atoms with Gasteiger partial charge in [0.15, 0.2) is 0 Å². The van der Waals surface area contributed by atoms with Crippen LogP contribution in [0.5, 0.6) is 5.75 Å². The summed E-state index contributed by atoms with van der Waals surface area (Å²) in [6, 6.07) is 5.92. The van der Waals surface area contributed by atoms with Gasteiger partial charge in [-0.05, 0) is 22.0 Å². The molecule has 0 aliphatic carbocycles. The van der Waals surface area contributed by atoms with E-state index in [9.17, 15) is 0 Å². The second-order valence-electron chi connectivity index (χ2n) is 3.39. The summed E-state index contributed by atoms with van der Waals surface area (Å²) in [6.07, 6.45) is 5.19. The molecular formula is C13H16BrNO2. The zero-order chi connectivity index (χ0) is 12.5. The number of halogens is 1. The molecule has 0 radical (unpaired) electrons. The van der Waals surface area contributed by atoms with Crippen LogP contribution in [-0.4, -0.2) is 26.9 Å². The van der Waals surface area contributed by atoms with Crippen molar-refractivity contribution in [3.63, 3.8) is 0 Å². The summed E-state index contributed by atoms with van der Waals surface area (Å²) in [7, 11) is 1.68. The van der Waals surface area contributed by atoms with E-state index in [0.29, 0.717) is 6.61 Å². The van der Waals surface area contributed by atoms with E-state index in [1.54, 1.807) is 7.11 Å². The summed E-state index contributed by atoms with van der Waals surface area (Å²) < 4.78 is 11.4. The molecule has 17 heavy (non-hydrogen) atoms. The maximum Gasteiger partial charge on any atom is 0.148 e. The Bertz CT molecular complexity index is 387. The lowest BCUT2D eigenvalue weighted by molar-refractivity contribution is 0.199. The van der Waals surface area contributed by atoms with Crippen molar-refractivity contribution in [2.24, 2.45) is 0 Å². The summed E-state index contributed by atoms with van der Waals surface area (Å²) in [5.41, 5.74) is 1.07. The van der Waals surface area contributed by atoms with E-state index in [1.807, 2.05) is 18.2 Å². The van der Waals surface area contributed by atoms with E-state index in [2.05, 4.69) is 27.2 Å². The summed E-state index contributed by atoms with van der Waals surface area (Å²) in [6.45, 7) is 2.49. The number of hydrogen-bond donors (Lipinski definition) is 1. The minimum absolute atomic E-state index is 0.272. The van der Waals surface area contributed by atoms with E-state index in [1.165, 1.54) is 0 Å². The monoisotopic (exact) mass is 297 g/mol. The van der Waals surface area contributed by atoms with Crippen molar-refractivity contribution in [2.45, 2.75) is 6.54 Å². The number of hydrogen-bond acceptors (Lipinski definition) is 3. The number of ether oxygens (including phenoxy) is 2. The first-order valence-electron chi connectivity index (χ1n) is 5.33. The first-order valence-corrected chi connectivity index (χ1v) is 6.12. The van der Waals surface area contributed by atoms with Gasteiger partial charge in [-0.15, -0.1) is 6.42 Å². The lowest BCUT2D eigenvalue weighted by Gasteiger charge is -2.12. The summed E-state index contributed by atoms with van der Waals surface area (Å²) in [5, 5.41) is 3.27. The largest absolute Gasteiger partial charge is 0.479 e. The third kappa shape index (κ3) is 4.78. The molecule has 0 aliphatic rings. The maximum absolute atomic E-state index is 5.52. The smallest absolute Gasteiger partial charge is 0.148 e. The molecule has 0 aromatic heterocycles. The van der Waals surface area contributed by atoms with Crippen molar-refractivity contribution in [3.8, 4) is 18.1 Å². The Labute approximate surface area is 111 Å². The minimum Gasteiger partial charge on any atom is -0.479 e. The first kappa shape index (κ1) is 14.0. The van der Waals surface area contributed by atoms with Gasteiger partial charge < -0.3 is 14.8 Å². The highest BCUT2D eigenvalue weighted by molar-refractivity contribution is 9.10. The molecule has 0 spiro atoms. The second-order valence-corrected chi connectivity index (χ2v) is 4.24. The number of rotatable bonds is 7. The van der Waals surface area contributed by atoms with Crippen LogP contribution in [0, 0.1) is 12.3 Å². The van der Waals surface area contributed by atoms with Gasteiger partial charge >= 0.3 is 0 Å². The van der Waals surface area contributed by atoms with E-state index in [4.69, 9.17) is 15.9 Å². The summed E-state index contributed by atoms with van der Waals surface area (Å²) >= 11 is 3.45. The van der Waals surface area contributed by atoms with Gasteiger partial charge in [0.1, 0.15) is 12.4 Å². The number of methoxy groups -OCH3 is 1. The maximum atomic E-state index is 5.52. The highest BCUT2D eigenvalue weighted by atomic mass is 79.9. The van der Waals surface area contributed by atoms with Crippen molar-refractivity contribution in [1.29, 1.82) is 0 Å². The molecule has 1 N–H and O–H groups in total. The molecule has 0 saturated carbocycles. The molecule has 0 unspecified atom stereocenters. The lowest BCUT2D eigenvalue weighted by atomic mass is 10.2. The zero-order valence-corrected chi connectivity index (χ0v) is 11.4. The third-order valence-electron chi connectivity index (χ3n) is 2.15. The molecule has 0 fully saturated rings. The quantitative estimate of drug-likeness (QED) is 0.618. The topological polar surface area (TPSA) is 30.5 Å². The van der Waals surface area contributed by atoms with Gasteiger partial charge in [-0.2, -0.15) is 0 Å². The Morgan fingerprint density at radius 2 is 2.29 bits per heavy atom. The van der Waals surface area contributed by atoms with Gasteiger partial charge in [-0.25, -0.2) is 0 Å². The fourth-order valence-corrected chi connectivity index (χ4v) is 1.89. The van der Waals surface area contributed by atoms with Crippen molar-refractivity contribution in [2.75, 3.05) is 26.9 Å². The molecule has 1 aromatic carbocycles. The highest BCUT2D eigenvalue weighted by Crippen LogP contribution is 2.28. The van der Waals surface area contributed by atoms with Crippen LogP contribution in [0.25, 0.3) is 0 Å². The van der Waals surface area contributed by atoms with Crippen LogP contribution in [-0.2, 0) is 11.3 Å². The van der Waals surface area contributed by atoms with Gasteiger partial charge in [-0.3, -0.25) is 0 Å². The fourth-order valence-electron chi connectivity index (χ4n) is 1.37. The molecule has 1 rings (SSSR count). The van der Waals surface area contributed by atoms with Gasteiger partial charge in [-0.1, -0.05) is 18.1 Å². The molecule has 3 nitrogen and oxygen atoms in total. The standard InChI is InChI=1S/C13H16BrNO2/c1-3-8-17-13-11(5-4-6-12(13)14)10-15-7-9-16-2/h1,4-6,15H,7-10H2,2H3. The molecule has 4 heteroatoms. The molecule has 0 saturated heterocycles. The van der Waals surface area contributed by atoms with E-state index in [0.717, 1.165) is 28.9 Å². The fraction of sp³-hybridized carbons (Fsp3) is 0.385. The molecule has 1 aromatic rings. The SMILES string of the molecule is C#CCOc1c(Br)cccc1CNCCOC. The Morgan fingerprint density at radius 1 is 1.47 bits per heavy atom. The molecule has 0 heterocycles. The second kappa shape index (κ2) is 8.13. The van der Waals surface area contributed by atoms with Crippen LogP contribution >= 0.6 is 15.9 Å². The van der Waals surface area contributed by atoms with Crippen molar-refractivity contribution in [3.05, 3.63) is 28.2 Å². The van der Waals surface area contributed by atoms with Crippen LogP contribution in [0.1, 0.15) is 5.56 Å². The number of para-hydroxylation sites is 1. The van der Waals surface area contributed by atoms with Gasteiger partial charge in [0.05, 0.1) is 11.1 Å². The van der Waals surface area contributed by atoms with E-state index < -0.39 is 0 Å². The molecule has 92 valence electrons. The zero-order valence-electron chi connectivity index (χ0n) is 9.83.